The highest BCUT2D eigenvalue weighted by molar-refractivity contribution is 9.11. The van der Waals surface area contributed by atoms with Crippen LogP contribution in [0.2, 0.25) is 0 Å². The molecule has 4 nitrogen and oxygen atoms in total. The van der Waals surface area contributed by atoms with Gasteiger partial charge in [0, 0.05) is 0 Å². The van der Waals surface area contributed by atoms with Gasteiger partial charge in [0.2, 0.25) is 0 Å². The smallest absolute Gasteiger partial charge is 0.293 e. The van der Waals surface area contributed by atoms with E-state index in [0.29, 0.717) is 17.3 Å². The number of carbonyl (C=O) groups is 2. The Labute approximate surface area is 195 Å². The molecule has 30 heavy (non-hydrogen) atoms. The number of nitrogens with zero attached hydrogens (tertiary/aromatic N) is 1. The summed E-state index contributed by atoms with van der Waals surface area (Å²) >= 11 is 7.97. The van der Waals surface area contributed by atoms with Crippen molar-refractivity contribution in [2.24, 2.45) is 0 Å². The van der Waals surface area contributed by atoms with Crippen molar-refractivity contribution >= 4 is 71.6 Å². The number of ether oxygens (including phenoxy) is 1. The molecule has 1 aliphatic heterocycles. The molecule has 1 fully saturated rings. The summed E-state index contributed by atoms with van der Waals surface area (Å²) in [6.45, 7) is 2.71. The van der Waals surface area contributed by atoms with Gasteiger partial charge < -0.3 is 4.74 Å². The van der Waals surface area contributed by atoms with Crippen LogP contribution in [0.15, 0.2) is 68.4 Å². The molecule has 1 aliphatic rings. The van der Waals surface area contributed by atoms with Gasteiger partial charge in [0.05, 0.1) is 27.0 Å². The molecule has 0 atom stereocenters. The van der Waals surface area contributed by atoms with Crippen LogP contribution in [0.4, 0.5) is 4.79 Å². The summed E-state index contributed by atoms with van der Waals surface area (Å²) in [7, 11) is 0. The topological polar surface area (TPSA) is 46.6 Å². The van der Waals surface area contributed by atoms with Crippen molar-refractivity contribution in [1.82, 2.24) is 4.90 Å². The van der Waals surface area contributed by atoms with Gasteiger partial charge in [-0.3, -0.25) is 14.5 Å². The number of thioether (sulfide) groups is 1. The second kappa shape index (κ2) is 8.96. The molecule has 0 aliphatic carbocycles. The number of amides is 2. The van der Waals surface area contributed by atoms with Crippen molar-refractivity contribution in [3.8, 4) is 5.75 Å². The molecule has 2 amide bonds. The first-order valence-electron chi connectivity index (χ1n) is 9.31. The average Bonchev–Trinajstić information content (AvgIpc) is 2.98. The first kappa shape index (κ1) is 21.2. The van der Waals surface area contributed by atoms with Gasteiger partial charge in [0.1, 0.15) is 5.75 Å². The van der Waals surface area contributed by atoms with Crippen molar-refractivity contribution in [3.63, 3.8) is 0 Å². The van der Waals surface area contributed by atoms with Crippen LogP contribution < -0.4 is 4.74 Å². The van der Waals surface area contributed by atoms with E-state index in [1.807, 2.05) is 61.5 Å². The van der Waals surface area contributed by atoms with Crippen LogP contribution in [-0.2, 0) is 11.3 Å². The number of imide groups is 1. The molecule has 3 aromatic rings. The summed E-state index contributed by atoms with van der Waals surface area (Å²) in [5.74, 6) is 0.428. The minimum atomic E-state index is -0.279. The molecule has 3 aromatic carbocycles. The minimum absolute atomic E-state index is 0.250. The van der Waals surface area contributed by atoms with Crippen molar-refractivity contribution in [1.29, 1.82) is 0 Å². The third kappa shape index (κ3) is 4.19. The van der Waals surface area contributed by atoms with Crippen molar-refractivity contribution in [2.75, 3.05) is 6.61 Å². The van der Waals surface area contributed by atoms with Crippen LogP contribution in [0, 0.1) is 0 Å². The number of hydrogen-bond acceptors (Lipinski definition) is 4. The lowest BCUT2D eigenvalue weighted by atomic mass is 10.0. The molecule has 0 bridgehead atoms. The number of carbonyl (C=O) groups excluding carboxylic acids is 2. The Bertz CT molecular complexity index is 1160. The molecule has 0 unspecified atom stereocenters. The standard InChI is InChI=1S/C23H17Br2NO3S/c1-2-29-21-18(24)10-14(11-19(21)25)12-20-22(27)26(23(28)30-20)13-16-8-5-7-15-6-3-4-9-17(15)16/h3-12H,2,13H2,1H3/b20-12-. The number of halogens is 2. The zero-order valence-electron chi connectivity index (χ0n) is 16.0. The summed E-state index contributed by atoms with van der Waals surface area (Å²) in [5.41, 5.74) is 1.75. The molecular weight excluding hydrogens is 530 g/mol. The summed E-state index contributed by atoms with van der Waals surface area (Å²) in [6, 6.07) is 17.6. The van der Waals surface area contributed by atoms with Gasteiger partial charge in [-0.15, -0.1) is 0 Å². The van der Waals surface area contributed by atoms with Crippen LogP contribution in [0.25, 0.3) is 16.8 Å². The molecule has 0 aromatic heterocycles. The first-order valence-corrected chi connectivity index (χ1v) is 11.7. The van der Waals surface area contributed by atoms with Crippen molar-refractivity contribution < 1.29 is 14.3 Å². The number of benzene rings is 3. The monoisotopic (exact) mass is 545 g/mol. The van der Waals surface area contributed by atoms with Crippen molar-refractivity contribution in [2.45, 2.75) is 13.5 Å². The lowest BCUT2D eigenvalue weighted by Crippen LogP contribution is -2.27. The van der Waals surface area contributed by atoms with Gasteiger partial charge in [-0.2, -0.15) is 0 Å². The zero-order chi connectivity index (χ0) is 21.3. The molecule has 0 radical (unpaired) electrons. The summed E-state index contributed by atoms with van der Waals surface area (Å²) in [5, 5.41) is 1.87. The Balaban J connectivity index is 1.61. The molecule has 152 valence electrons. The lowest BCUT2D eigenvalue weighted by molar-refractivity contribution is -0.123. The maximum atomic E-state index is 13.0. The van der Waals surface area contributed by atoms with Gasteiger partial charge in [0.25, 0.3) is 11.1 Å². The lowest BCUT2D eigenvalue weighted by Gasteiger charge is -2.14. The number of hydrogen-bond donors (Lipinski definition) is 0. The average molecular weight is 547 g/mol. The molecule has 0 spiro atoms. The van der Waals surface area contributed by atoms with E-state index >= 15 is 0 Å². The summed E-state index contributed by atoms with van der Waals surface area (Å²) < 4.78 is 7.16. The van der Waals surface area contributed by atoms with E-state index in [2.05, 4.69) is 31.9 Å². The Morgan fingerprint density at radius 1 is 1.03 bits per heavy atom. The minimum Gasteiger partial charge on any atom is -0.492 e. The SMILES string of the molecule is CCOc1c(Br)cc(/C=C2\SC(=O)N(Cc3cccc4ccccc34)C2=O)cc1Br. The van der Waals surface area contributed by atoms with Crippen LogP contribution in [-0.4, -0.2) is 22.7 Å². The van der Waals surface area contributed by atoms with E-state index in [4.69, 9.17) is 4.74 Å². The van der Waals surface area contributed by atoms with Crippen LogP contribution >= 0.6 is 43.6 Å². The molecule has 7 heteroatoms. The molecule has 1 saturated heterocycles. The third-order valence-electron chi connectivity index (χ3n) is 4.69. The predicted octanol–water partition coefficient (Wildman–Crippen LogP) is 7.00. The van der Waals surface area contributed by atoms with Crippen LogP contribution in [0.5, 0.6) is 5.75 Å². The van der Waals surface area contributed by atoms with Crippen LogP contribution in [0.1, 0.15) is 18.1 Å². The quantitative estimate of drug-likeness (QED) is 0.323. The van der Waals surface area contributed by atoms with Gasteiger partial charge in [-0.1, -0.05) is 42.5 Å². The third-order valence-corrected chi connectivity index (χ3v) is 6.77. The summed E-state index contributed by atoms with van der Waals surface area (Å²) in [6.07, 6.45) is 1.74. The maximum Gasteiger partial charge on any atom is 0.293 e. The van der Waals surface area contributed by atoms with E-state index in [1.165, 1.54) is 4.90 Å². The molecule has 0 N–H and O–H groups in total. The first-order chi connectivity index (χ1) is 14.5. The second-order valence-electron chi connectivity index (χ2n) is 6.65. The Hall–Kier alpha value is -2.09. The Kier molecular flexibility index (Phi) is 6.32. The molecule has 0 saturated carbocycles. The van der Waals surface area contributed by atoms with E-state index in [0.717, 1.165) is 42.6 Å². The second-order valence-corrected chi connectivity index (χ2v) is 9.35. The van der Waals surface area contributed by atoms with E-state index < -0.39 is 0 Å². The van der Waals surface area contributed by atoms with Gasteiger partial charge >= 0.3 is 0 Å². The van der Waals surface area contributed by atoms with E-state index in [9.17, 15) is 9.59 Å². The maximum absolute atomic E-state index is 13.0. The fraction of sp³-hybridized carbons (Fsp3) is 0.130. The highest BCUT2D eigenvalue weighted by Crippen LogP contribution is 2.38. The van der Waals surface area contributed by atoms with Gasteiger partial charge in [0.15, 0.2) is 0 Å². The molecular formula is C23H17Br2NO3S. The number of fused-ring (bicyclic) bond motifs is 1. The fourth-order valence-electron chi connectivity index (χ4n) is 3.33. The Morgan fingerprint density at radius 3 is 2.47 bits per heavy atom. The van der Waals surface area contributed by atoms with Gasteiger partial charge in [-0.05, 0) is 90.7 Å². The zero-order valence-corrected chi connectivity index (χ0v) is 20.0. The van der Waals surface area contributed by atoms with E-state index in [1.54, 1.807) is 6.08 Å². The van der Waals surface area contributed by atoms with Crippen LogP contribution in [0.3, 0.4) is 0 Å². The van der Waals surface area contributed by atoms with Crippen molar-refractivity contribution in [3.05, 3.63) is 79.6 Å². The largest absolute Gasteiger partial charge is 0.492 e. The van der Waals surface area contributed by atoms with Gasteiger partial charge in [-0.25, -0.2) is 0 Å². The van der Waals surface area contributed by atoms with E-state index in [-0.39, 0.29) is 17.7 Å². The molecule has 1 heterocycles. The Morgan fingerprint density at radius 2 is 1.73 bits per heavy atom. The fourth-order valence-corrected chi connectivity index (χ4v) is 5.62. The summed E-state index contributed by atoms with van der Waals surface area (Å²) in [4.78, 5) is 27.3. The molecule has 4 rings (SSSR count). The normalized spacial score (nSPS) is 15.4. The highest BCUT2D eigenvalue weighted by Gasteiger charge is 2.35. The number of rotatable bonds is 5. The highest BCUT2D eigenvalue weighted by atomic mass is 79.9. The predicted molar refractivity (Wildman–Crippen MR) is 128 cm³/mol.